The number of ether oxygens (including phenoxy) is 1. The van der Waals surface area contributed by atoms with Gasteiger partial charge in [-0.3, -0.25) is 0 Å². The summed E-state index contributed by atoms with van der Waals surface area (Å²) in [6.45, 7) is 0. The zero-order valence-electron chi connectivity index (χ0n) is 8.51. The highest BCUT2D eigenvalue weighted by molar-refractivity contribution is 7.90. The van der Waals surface area contributed by atoms with E-state index in [1.54, 1.807) is 0 Å². The van der Waals surface area contributed by atoms with Gasteiger partial charge in [0.1, 0.15) is 4.90 Å². The molecule has 0 saturated heterocycles. The van der Waals surface area contributed by atoms with Crippen molar-refractivity contribution in [3.05, 3.63) is 28.8 Å². The van der Waals surface area contributed by atoms with Crippen LogP contribution in [-0.2, 0) is 19.6 Å². The van der Waals surface area contributed by atoms with Gasteiger partial charge in [-0.2, -0.15) is 8.42 Å². The van der Waals surface area contributed by atoms with Gasteiger partial charge in [-0.1, -0.05) is 22.1 Å². The summed E-state index contributed by atoms with van der Waals surface area (Å²) in [5.41, 5.74) is -0.365. The van der Waals surface area contributed by atoms with Gasteiger partial charge in [0.25, 0.3) is 16.1 Å². The van der Waals surface area contributed by atoms with Crippen molar-refractivity contribution >= 4 is 33.7 Å². The molecule has 0 amide bonds. The van der Waals surface area contributed by atoms with Gasteiger partial charge in [-0.25, -0.2) is 9.59 Å². The number of carbonyl (C=O) groups is 1. The van der Waals surface area contributed by atoms with Gasteiger partial charge in [0, 0.05) is 0 Å². The van der Waals surface area contributed by atoms with Crippen molar-refractivity contribution in [1.82, 2.24) is 0 Å². The third-order valence-electron chi connectivity index (χ3n) is 1.80. The van der Waals surface area contributed by atoms with Crippen LogP contribution < -0.4 is 0 Å². The molecule has 0 unspecified atom stereocenters. The Balaban J connectivity index is 3.61. The minimum absolute atomic E-state index is 0.112. The lowest BCUT2D eigenvalue weighted by molar-refractivity contribution is 0.0596. The van der Waals surface area contributed by atoms with Crippen LogP contribution in [0.25, 0.3) is 0 Å². The maximum absolute atomic E-state index is 11.5. The van der Waals surface area contributed by atoms with Gasteiger partial charge in [0.15, 0.2) is 0 Å². The summed E-state index contributed by atoms with van der Waals surface area (Å²) < 4.78 is 30.1. The van der Waals surface area contributed by atoms with Crippen molar-refractivity contribution in [1.29, 1.82) is 0 Å². The lowest BCUT2D eigenvalue weighted by Gasteiger charge is -2.06. The van der Waals surface area contributed by atoms with Gasteiger partial charge in [0.2, 0.25) is 0 Å². The van der Waals surface area contributed by atoms with Crippen molar-refractivity contribution < 1.29 is 22.7 Å². The summed E-state index contributed by atoms with van der Waals surface area (Å²) in [5.74, 6) is -0.935. The first-order chi connectivity index (χ1) is 7.94. The highest BCUT2D eigenvalue weighted by atomic mass is 35.5. The number of nitrogens with zero attached hydrogens (tertiary/aromatic N) is 1. The molecule has 90 valence electrons. The number of hydrogen-bond acceptors (Lipinski definition) is 5. The number of hydrogen-bond donors (Lipinski definition) is 0. The second kappa shape index (κ2) is 5.09. The molecule has 0 heterocycles. The largest absolute Gasteiger partial charge is 0.465 e. The van der Waals surface area contributed by atoms with Crippen LogP contribution in [-0.4, -0.2) is 27.6 Å². The molecular formula is C9H6ClNO5S. The van der Waals surface area contributed by atoms with Crippen LogP contribution in [0.2, 0.25) is 5.02 Å². The molecule has 0 bridgehead atoms. The predicted molar refractivity (Wildman–Crippen MR) is 58.1 cm³/mol. The molecule has 0 atom stereocenters. The van der Waals surface area contributed by atoms with E-state index in [0.29, 0.717) is 0 Å². The number of rotatable bonds is 3. The molecule has 0 aromatic heterocycles. The average Bonchev–Trinajstić information content (AvgIpc) is 2.27. The molecular weight excluding hydrogens is 270 g/mol. The molecule has 0 N–H and O–H groups in total. The van der Waals surface area contributed by atoms with E-state index in [0.717, 1.165) is 19.3 Å². The van der Waals surface area contributed by atoms with Crippen LogP contribution in [0.1, 0.15) is 10.4 Å². The maximum Gasteiger partial charge on any atom is 0.340 e. The molecule has 0 fully saturated rings. The highest BCUT2D eigenvalue weighted by Crippen LogP contribution is 2.25. The third-order valence-corrected chi connectivity index (χ3v) is 3.33. The molecule has 0 aliphatic heterocycles. The lowest BCUT2D eigenvalue weighted by atomic mass is 10.2. The van der Waals surface area contributed by atoms with Crippen LogP contribution in [0, 0.1) is 0 Å². The minimum Gasteiger partial charge on any atom is -0.465 e. The van der Waals surface area contributed by atoms with Crippen LogP contribution >= 0.6 is 11.6 Å². The van der Waals surface area contributed by atoms with E-state index in [9.17, 15) is 18.0 Å². The maximum atomic E-state index is 11.5. The van der Waals surface area contributed by atoms with E-state index >= 15 is 0 Å². The lowest BCUT2D eigenvalue weighted by Crippen LogP contribution is -2.10. The second-order valence-electron chi connectivity index (χ2n) is 2.76. The summed E-state index contributed by atoms with van der Waals surface area (Å²) in [6, 6.07) is 3.72. The molecule has 1 aromatic carbocycles. The van der Waals surface area contributed by atoms with Crippen molar-refractivity contribution in [2.75, 3.05) is 7.11 Å². The standard InChI is InChI=1S/C9H6ClNO5S/c1-16-9(13)8-6(10)3-2-4-7(8)17(14,15)11-5-12/h2-4H,1H3. The van der Waals surface area contributed by atoms with Gasteiger partial charge < -0.3 is 4.74 Å². The molecule has 17 heavy (non-hydrogen) atoms. The number of methoxy groups -OCH3 is 1. The third kappa shape index (κ3) is 2.71. The number of halogens is 1. The Hall–Kier alpha value is -1.69. The fraction of sp³-hybridized carbons (Fsp3) is 0.111. The van der Waals surface area contributed by atoms with Gasteiger partial charge in [-0.15, -0.1) is 0 Å². The van der Waals surface area contributed by atoms with Crippen molar-refractivity contribution in [3.63, 3.8) is 0 Å². The zero-order valence-corrected chi connectivity index (χ0v) is 10.1. The number of benzene rings is 1. The van der Waals surface area contributed by atoms with E-state index < -0.39 is 20.9 Å². The number of carbonyl (C=O) groups excluding carboxylic acids is 2. The Morgan fingerprint density at radius 2 is 2.12 bits per heavy atom. The molecule has 1 rings (SSSR count). The van der Waals surface area contributed by atoms with E-state index in [1.807, 2.05) is 0 Å². The van der Waals surface area contributed by atoms with E-state index in [2.05, 4.69) is 9.13 Å². The van der Waals surface area contributed by atoms with Gasteiger partial charge in [-0.05, 0) is 12.1 Å². The first-order valence-corrected chi connectivity index (χ1v) is 5.97. The van der Waals surface area contributed by atoms with Crippen molar-refractivity contribution in [3.8, 4) is 0 Å². The van der Waals surface area contributed by atoms with E-state index in [1.165, 1.54) is 12.1 Å². The molecule has 6 nitrogen and oxygen atoms in total. The topological polar surface area (TPSA) is 89.9 Å². The van der Waals surface area contributed by atoms with Gasteiger partial charge in [0.05, 0.1) is 17.7 Å². The molecule has 0 saturated carbocycles. The van der Waals surface area contributed by atoms with Crippen molar-refractivity contribution in [2.24, 2.45) is 4.40 Å². The number of sulfonamides is 1. The van der Waals surface area contributed by atoms with Gasteiger partial charge >= 0.3 is 5.97 Å². The SMILES string of the molecule is COC(=O)c1c(Cl)cccc1S(=O)(=O)N=C=O. The number of esters is 1. The second-order valence-corrected chi connectivity index (χ2v) is 4.74. The van der Waals surface area contributed by atoms with E-state index in [4.69, 9.17) is 11.6 Å². The Kier molecular flexibility index (Phi) is 4.01. The van der Waals surface area contributed by atoms with Crippen LogP contribution in [0.15, 0.2) is 27.5 Å². The summed E-state index contributed by atoms with van der Waals surface area (Å²) in [4.78, 5) is 20.9. The fourth-order valence-corrected chi connectivity index (χ4v) is 2.32. The molecule has 0 spiro atoms. The molecule has 1 aromatic rings. The highest BCUT2D eigenvalue weighted by Gasteiger charge is 2.25. The predicted octanol–water partition coefficient (Wildman–Crippen LogP) is 1.15. The quantitative estimate of drug-likeness (QED) is 0.469. The first-order valence-electron chi connectivity index (χ1n) is 4.15. The van der Waals surface area contributed by atoms with Crippen molar-refractivity contribution in [2.45, 2.75) is 4.90 Å². The van der Waals surface area contributed by atoms with Crippen LogP contribution in [0.5, 0.6) is 0 Å². The average molecular weight is 276 g/mol. The Morgan fingerprint density at radius 3 is 2.65 bits per heavy atom. The smallest absolute Gasteiger partial charge is 0.340 e. The Labute approximate surface area is 102 Å². The summed E-state index contributed by atoms with van der Waals surface area (Å²) in [6.07, 6.45) is 0.902. The number of isocyanates is 1. The normalized spacial score (nSPS) is 10.5. The summed E-state index contributed by atoms with van der Waals surface area (Å²) >= 11 is 5.70. The zero-order chi connectivity index (χ0) is 13.1. The minimum atomic E-state index is -4.30. The van der Waals surface area contributed by atoms with E-state index in [-0.39, 0.29) is 10.6 Å². The fourth-order valence-electron chi connectivity index (χ4n) is 1.12. The Bertz CT molecular complexity index is 604. The summed E-state index contributed by atoms with van der Waals surface area (Å²) in [5, 5.41) is -0.112. The van der Waals surface area contributed by atoms with Crippen LogP contribution in [0.3, 0.4) is 0 Å². The summed E-state index contributed by atoms with van der Waals surface area (Å²) in [7, 11) is -3.23. The molecule has 0 aliphatic carbocycles. The monoisotopic (exact) mass is 275 g/mol. The Morgan fingerprint density at radius 1 is 1.47 bits per heavy atom. The molecule has 8 heteroatoms. The van der Waals surface area contributed by atoms with Crippen LogP contribution in [0.4, 0.5) is 0 Å². The molecule has 0 aliphatic rings. The molecule has 0 radical (unpaired) electrons. The first kappa shape index (κ1) is 13.4.